The first-order chi connectivity index (χ1) is 14.1. The Kier molecular flexibility index (Phi) is 7.81. The van der Waals surface area contributed by atoms with E-state index in [9.17, 15) is 9.59 Å². The molecule has 0 saturated carbocycles. The van der Waals surface area contributed by atoms with Crippen LogP contribution in [0.3, 0.4) is 0 Å². The lowest BCUT2D eigenvalue weighted by Crippen LogP contribution is -2.56. The Morgan fingerprint density at radius 3 is 2.23 bits per heavy atom. The zero-order valence-corrected chi connectivity index (χ0v) is 19.1. The van der Waals surface area contributed by atoms with Gasteiger partial charge < -0.3 is 28.7 Å². The van der Waals surface area contributed by atoms with Crippen molar-refractivity contribution in [1.29, 1.82) is 0 Å². The van der Waals surface area contributed by atoms with E-state index in [0.29, 0.717) is 49.7 Å². The van der Waals surface area contributed by atoms with Crippen molar-refractivity contribution in [3.05, 3.63) is 17.7 Å². The number of carbonyl (C=O) groups is 2. The second-order valence-corrected chi connectivity index (χ2v) is 8.36. The van der Waals surface area contributed by atoms with Crippen molar-refractivity contribution in [1.82, 2.24) is 9.80 Å². The lowest BCUT2D eigenvalue weighted by atomic mass is 10.1. The van der Waals surface area contributed by atoms with E-state index in [1.807, 2.05) is 44.7 Å². The Hall–Kier alpha value is -2.64. The smallest absolute Gasteiger partial charge is 0.410 e. The molecule has 0 aromatic heterocycles. The van der Waals surface area contributed by atoms with Crippen LogP contribution in [-0.2, 0) is 16.0 Å². The number of hydrogen-bond acceptors (Lipinski definition) is 6. The molecule has 2 rings (SSSR count). The number of hydrogen-bond donors (Lipinski definition) is 0. The lowest BCUT2D eigenvalue weighted by molar-refractivity contribution is -0.135. The highest BCUT2D eigenvalue weighted by Crippen LogP contribution is 2.40. The van der Waals surface area contributed by atoms with Crippen LogP contribution < -0.4 is 14.2 Å². The SMILES string of the molecule is COc1ccc(CCC(=O)N2CCN(C(=O)OC(C)(C)C)C[C@H]2C)c(OC)c1OC. The van der Waals surface area contributed by atoms with Crippen LogP contribution in [0.2, 0.25) is 0 Å². The Balaban J connectivity index is 1.99. The number of carbonyl (C=O) groups excluding carboxylic acids is 2. The van der Waals surface area contributed by atoms with Crippen molar-refractivity contribution in [2.45, 2.75) is 52.2 Å². The van der Waals surface area contributed by atoms with Crippen LogP contribution in [0.25, 0.3) is 0 Å². The predicted octanol–water partition coefficient (Wildman–Crippen LogP) is 3.11. The van der Waals surface area contributed by atoms with Gasteiger partial charge in [-0.1, -0.05) is 6.07 Å². The van der Waals surface area contributed by atoms with Crippen LogP contribution in [0.1, 0.15) is 39.7 Å². The molecule has 168 valence electrons. The zero-order chi connectivity index (χ0) is 22.5. The highest BCUT2D eigenvalue weighted by molar-refractivity contribution is 5.77. The number of piperazine rings is 1. The first-order valence-corrected chi connectivity index (χ1v) is 10.2. The Labute approximate surface area is 179 Å². The maximum Gasteiger partial charge on any atom is 0.410 e. The van der Waals surface area contributed by atoms with Gasteiger partial charge in [0.05, 0.1) is 21.3 Å². The number of methoxy groups -OCH3 is 3. The van der Waals surface area contributed by atoms with Gasteiger partial charge in [0, 0.05) is 32.1 Å². The van der Waals surface area contributed by atoms with Gasteiger partial charge in [-0.2, -0.15) is 0 Å². The van der Waals surface area contributed by atoms with E-state index in [0.717, 1.165) is 5.56 Å². The molecular formula is C22H34N2O6. The fourth-order valence-corrected chi connectivity index (χ4v) is 3.57. The Morgan fingerprint density at radius 1 is 1.03 bits per heavy atom. The van der Waals surface area contributed by atoms with E-state index in [-0.39, 0.29) is 18.0 Å². The lowest BCUT2D eigenvalue weighted by Gasteiger charge is -2.40. The van der Waals surface area contributed by atoms with Crippen molar-refractivity contribution in [2.24, 2.45) is 0 Å². The number of nitrogens with zero attached hydrogens (tertiary/aromatic N) is 2. The quantitative estimate of drug-likeness (QED) is 0.701. The number of rotatable bonds is 6. The van der Waals surface area contributed by atoms with Crippen LogP contribution in [0.4, 0.5) is 4.79 Å². The van der Waals surface area contributed by atoms with Gasteiger partial charge >= 0.3 is 6.09 Å². The summed E-state index contributed by atoms with van der Waals surface area (Å²) < 4.78 is 21.7. The summed E-state index contributed by atoms with van der Waals surface area (Å²) in [6.45, 7) is 8.89. The molecule has 1 aromatic carbocycles. The minimum absolute atomic E-state index is 0.0446. The molecule has 8 heteroatoms. The second kappa shape index (κ2) is 9.91. The third-order valence-corrected chi connectivity index (χ3v) is 4.99. The zero-order valence-electron chi connectivity index (χ0n) is 19.1. The Morgan fingerprint density at radius 2 is 1.70 bits per heavy atom. The summed E-state index contributed by atoms with van der Waals surface area (Å²) in [6.07, 6.45) is 0.515. The molecule has 1 heterocycles. The van der Waals surface area contributed by atoms with Crippen LogP contribution in [0.5, 0.6) is 17.2 Å². The molecule has 1 saturated heterocycles. The molecule has 8 nitrogen and oxygen atoms in total. The molecule has 1 aliphatic heterocycles. The number of aryl methyl sites for hydroxylation is 1. The maximum atomic E-state index is 12.9. The van der Waals surface area contributed by atoms with Crippen molar-refractivity contribution < 1.29 is 28.5 Å². The summed E-state index contributed by atoms with van der Waals surface area (Å²) in [5, 5.41) is 0. The molecular weight excluding hydrogens is 388 g/mol. The maximum absolute atomic E-state index is 12.9. The molecule has 1 fully saturated rings. The van der Waals surface area contributed by atoms with E-state index >= 15 is 0 Å². The van der Waals surface area contributed by atoms with E-state index in [1.165, 1.54) is 0 Å². The third kappa shape index (κ3) is 5.70. The van der Waals surface area contributed by atoms with Gasteiger partial charge in [0.25, 0.3) is 0 Å². The minimum atomic E-state index is -0.536. The van der Waals surface area contributed by atoms with E-state index < -0.39 is 5.60 Å². The van der Waals surface area contributed by atoms with Crippen molar-refractivity contribution >= 4 is 12.0 Å². The van der Waals surface area contributed by atoms with Crippen LogP contribution in [-0.4, -0.2) is 74.4 Å². The summed E-state index contributed by atoms with van der Waals surface area (Å²) in [5.74, 6) is 1.72. The molecule has 0 bridgehead atoms. The molecule has 0 aliphatic carbocycles. The van der Waals surface area contributed by atoms with E-state index in [1.54, 1.807) is 26.2 Å². The molecule has 1 atom stereocenters. The highest BCUT2D eigenvalue weighted by Gasteiger charge is 2.32. The van der Waals surface area contributed by atoms with Crippen molar-refractivity contribution in [3.8, 4) is 17.2 Å². The average Bonchev–Trinajstić information content (AvgIpc) is 2.69. The number of ether oxygens (including phenoxy) is 4. The van der Waals surface area contributed by atoms with Gasteiger partial charge in [-0.25, -0.2) is 4.79 Å². The summed E-state index contributed by atoms with van der Waals surface area (Å²) in [4.78, 5) is 28.6. The summed E-state index contributed by atoms with van der Waals surface area (Å²) in [5.41, 5.74) is 0.342. The van der Waals surface area contributed by atoms with Crippen molar-refractivity contribution in [3.63, 3.8) is 0 Å². The molecule has 2 amide bonds. The number of benzene rings is 1. The highest BCUT2D eigenvalue weighted by atomic mass is 16.6. The Bertz CT molecular complexity index is 759. The molecule has 0 N–H and O–H groups in total. The third-order valence-electron chi connectivity index (χ3n) is 4.99. The van der Waals surface area contributed by atoms with Gasteiger partial charge in [-0.05, 0) is 45.7 Å². The normalized spacial score (nSPS) is 16.8. The van der Waals surface area contributed by atoms with Gasteiger partial charge in [-0.3, -0.25) is 4.79 Å². The van der Waals surface area contributed by atoms with Gasteiger partial charge in [0.15, 0.2) is 11.5 Å². The molecule has 1 aliphatic rings. The monoisotopic (exact) mass is 422 g/mol. The van der Waals surface area contributed by atoms with Crippen LogP contribution in [0.15, 0.2) is 12.1 Å². The first-order valence-electron chi connectivity index (χ1n) is 10.2. The summed E-state index contributed by atoms with van der Waals surface area (Å²) in [7, 11) is 4.69. The molecule has 0 radical (unpaired) electrons. The number of amides is 2. The second-order valence-electron chi connectivity index (χ2n) is 8.36. The van der Waals surface area contributed by atoms with Crippen LogP contribution >= 0.6 is 0 Å². The van der Waals surface area contributed by atoms with Gasteiger partial charge in [0.1, 0.15) is 5.60 Å². The average molecular weight is 423 g/mol. The fourth-order valence-electron chi connectivity index (χ4n) is 3.57. The molecule has 30 heavy (non-hydrogen) atoms. The molecule has 0 spiro atoms. The van der Waals surface area contributed by atoms with Gasteiger partial charge in [0.2, 0.25) is 11.7 Å². The summed E-state index contributed by atoms with van der Waals surface area (Å²) in [6, 6.07) is 3.62. The van der Waals surface area contributed by atoms with Crippen LogP contribution in [0, 0.1) is 0 Å². The molecule has 1 aromatic rings. The van der Waals surface area contributed by atoms with Crippen molar-refractivity contribution in [2.75, 3.05) is 41.0 Å². The standard InChI is InChI=1S/C22H34N2O6/c1-15-14-23(21(26)30-22(2,3)4)12-13-24(15)18(25)11-9-16-8-10-17(27-5)20(29-7)19(16)28-6/h8,10,15H,9,11-14H2,1-7H3/t15-/m1/s1. The topological polar surface area (TPSA) is 77.5 Å². The van der Waals surface area contributed by atoms with E-state index in [2.05, 4.69) is 0 Å². The largest absolute Gasteiger partial charge is 0.493 e. The minimum Gasteiger partial charge on any atom is -0.493 e. The molecule has 0 unspecified atom stereocenters. The van der Waals surface area contributed by atoms with E-state index in [4.69, 9.17) is 18.9 Å². The fraction of sp³-hybridized carbons (Fsp3) is 0.636. The summed E-state index contributed by atoms with van der Waals surface area (Å²) >= 11 is 0. The predicted molar refractivity (Wildman–Crippen MR) is 113 cm³/mol. The first kappa shape index (κ1) is 23.6. The van der Waals surface area contributed by atoms with Gasteiger partial charge in [-0.15, -0.1) is 0 Å².